The van der Waals surface area contributed by atoms with Crippen molar-refractivity contribution in [1.29, 1.82) is 0 Å². The van der Waals surface area contributed by atoms with E-state index in [1.165, 1.54) is 12.1 Å². The molecule has 2 N–H and O–H groups in total. The number of benzene rings is 1. The number of carbonyl (C=O) groups excluding carboxylic acids is 2. The molecule has 1 aromatic carbocycles. The van der Waals surface area contributed by atoms with Crippen LogP contribution in [0.4, 0.5) is 4.39 Å². The molecule has 2 rings (SSSR count). The zero-order valence-electron chi connectivity index (χ0n) is 14.2. The average Bonchev–Trinajstić information content (AvgIpc) is 2.50. The molecule has 1 heterocycles. The second-order valence-electron chi connectivity index (χ2n) is 6.26. The van der Waals surface area contributed by atoms with Crippen LogP contribution < -0.4 is 10.6 Å². The molecule has 0 aromatic heterocycles. The summed E-state index contributed by atoms with van der Waals surface area (Å²) in [4.78, 5) is 28.2. The first-order valence-electron chi connectivity index (χ1n) is 8.13. The molecule has 0 spiro atoms. The Morgan fingerprint density at radius 2 is 2.25 bits per heavy atom. The highest BCUT2D eigenvalue weighted by Gasteiger charge is 2.31. The number of hydrogen-bond acceptors (Lipinski definition) is 4. The monoisotopic (exact) mass is 336 g/mol. The van der Waals surface area contributed by atoms with Crippen molar-refractivity contribution in [1.82, 2.24) is 20.4 Å². The molecule has 0 bridgehead atoms. The van der Waals surface area contributed by atoms with Gasteiger partial charge in [-0.15, -0.1) is 0 Å². The minimum absolute atomic E-state index is 0.106. The molecular weight excluding hydrogens is 311 g/mol. The van der Waals surface area contributed by atoms with Gasteiger partial charge in [-0.1, -0.05) is 12.1 Å². The lowest BCUT2D eigenvalue weighted by molar-refractivity contribution is -0.134. The van der Waals surface area contributed by atoms with E-state index in [9.17, 15) is 14.0 Å². The minimum Gasteiger partial charge on any atom is -0.355 e. The van der Waals surface area contributed by atoms with E-state index >= 15 is 0 Å². The second-order valence-corrected chi connectivity index (χ2v) is 6.26. The molecule has 1 atom stereocenters. The molecule has 1 aliphatic rings. The Balaban J connectivity index is 1.95. The summed E-state index contributed by atoms with van der Waals surface area (Å²) < 4.78 is 13.3. The summed E-state index contributed by atoms with van der Waals surface area (Å²) in [7, 11) is 3.86. The lowest BCUT2D eigenvalue weighted by Crippen LogP contribution is -2.56. The molecule has 7 heteroatoms. The van der Waals surface area contributed by atoms with Crippen LogP contribution in [0.5, 0.6) is 0 Å². The van der Waals surface area contributed by atoms with E-state index in [1.54, 1.807) is 6.07 Å². The van der Waals surface area contributed by atoms with E-state index in [0.717, 1.165) is 12.1 Å². The lowest BCUT2D eigenvalue weighted by Gasteiger charge is -2.34. The second kappa shape index (κ2) is 8.75. The summed E-state index contributed by atoms with van der Waals surface area (Å²) in [6, 6.07) is 5.80. The number of piperazine rings is 1. The lowest BCUT2D eigenvalue weighted by atomic mass is 10.1. The number of nitrogens with zero attached hydrogens (tertiary/aromatic N) is 2. The van der Waals surface area contributed by atoms with Gasteiger partial charge in [-0.25, -0.2) is 4.39 Å². The third kappa shape index (κ3) is 5.58. The van der Waals surface area contributed by atoms with E-state index in [2.05, 4.69) is 10.6 Å². The van der Waals surface area contributed by atoms with Crippen LogP contribution in [0.2, 0.25) is 0 Å². The van der Waals surface area contributed by atoms with Crippen LogP contribution in [-0.2, 0) is 16.1 Å². The fourth-order valence-electron chi connectivity index (χ4n) is 2.71. The van der Waals surface area contributed by atoms with Gasteiger partial charge >= 0.3 is 0 Å². The number of nitrogens with one attached hydrogen (secondary N) is 2. The van der Waals surface area contributed by atoms with Gasteiger partial charge in [-0.2, -0.15) is 0 Å². The number of likely N-dealkylation sites (N-methyl/N-ethyl adjacent to an activating group) is 1. The predicted octanol–water partition coefficient (Wildman–Crippen LogP) is 0.194. The molecule has 0 unspecified atom stereocenters. The number of rotatable bonds is 7. The van der Waals surface area contributed by atoms with Crippen molar-refractivity contribution in [2.75, 3.05) is 40.3 Å². The molecule has 132 valence electrons. The summed E-state index contributed by atoms with van der Waals surface area (Å²) in [5.74, 6) is -0.601. The fourth-order valence-corrected chi connectivity index (χ4v) is 2.71. The van der Waals surface area contributed by atoms with Crippen molar-refractivity contribution in [3.8, 4) is 0 Å². The van der Waals surface area contributed by atoms with Crippen molar-refractivity contribution in [3.05, 3.63) is 35.6 Å². The summed E-state index contributed by atoms with van der Waals surface area (Å²) in [6.07, 6.45) is 0.106. The Labute approximate surface area is 142 Å². The minimum atomic E-state index is -0.527. The van der Waals surface area contributed by atoms with Gasteiger partial charge in [0.1, 0.15) is 5.82 Å². The molecule has 6 nitrogen and oxygen atoms in total. The SMILES string of the molecule is CN(C)CCNC(=O)C[C@H]1C(=O)NCCN1Cc1cccc(F)c1. The number of hydrogen-bond donors (Lipinski definition) is 2. The van der Waals surface area contributed by atoms with Crippen LogP contribution in [0.1, 0.15) is 12.0 Å². The summed E-state index contributed by atoms with van der Waals surface area (Å²) in [6.45, 7) is 2.91. The fraction of sp³-hybridized carbons (Fsp3) is 0.529. The molecular formula is C17H25FN4O2. The van der Waals surface area contributed by atoms with E-state index < -0.39 is 6.04 Å². The molecule has 0 radical (unpaired) electrons. The van der Waals surface area contributed by atoms with Gasteiger partial charge in [0, 0.05) is 32.7 Å². The highest BCUT2D eigenvalue weighted by atomic mass is 19.1. The molecule has 1 saturated heterocycles. The van der Waals surface area contributed by atoms with E-state index in [-0.39, 0.29) is 24.1 Å². The molecule has 0 saturated carbocycles. The maximum atomic E-state index is 13.3. The van der Waals surface area contributed by atoms with Gasteiger partial charge in [-0.05, 0) is 31.8 Å². The van der Waals surface area contributed by atoms with Crippen LogP contribution in [0.25, 0.3) is 0 Å². The number of amides is 2. The average molecular weight is 336 g/mol. The summed E-state index contributed by atoms with van der Waals surface area (Å²) >= 11 is 0. The first kappa shape index (κ1) is 18.4. The Morgan fingerprint density at radius 1 is 1.46 bits per heavy atom. The first-order valence-corrected chi connectivity index (χ1v) is 8.13. The van der Waals surface area contributed by atoms with Gasteiger partial charge < -0.3 is 15.5 Å². The molecule has 2 amide bonds. The first-order chi connectivity index (χ1) is 11.5. The van der Waals surface area contributed by atoms with Crippen molar-refractivity contribution in [2.45, 2.75) is 19.0 Å². The van der Waals surface area contributed by atoms with Gasteiger partial charge in [0.2, 0.25) is 11.8 Å². The molecule has 0 aliphatic carbocycles. The standard InChI is InChI=1S/C17H25FN4O2/c1-21(2)8-6-19-16(23)11-15-17(24)20-7-9-22(15)12-13-4-3-5-14(18)10-13/h3-5,10,15H,6-9,11-12H2,1-2H3,(H,19,23)(H,20,24)/t15-/m0/s1. The van der Waals surface area contributed by atoms with Crippen LogP contribution in [0.3, 0.4) is 0 Å². The summed E-state index contributed by atoms with van der Waals surface area (Å²) in [5.41, 5.74) is 0.794. The Bertz CT molecular complexity index is 579. The van der Waals surface area contributed by atoms with Crippen molar-refractivity contribution >= 4 is 11.8 Å². The van der Waals surface area contributed by atoms with Crippen LogP contribution in [-0.4, -0.2) is 67.9 Å². The summed E-state index contributed by atoms with van der Waals surface area (Å²) in [5, 5.41) is 5.62. The smallest absolute Gasteiger partial charge is 0.237 e. The Hall–Kier alpha value is -1.99. The number of carbonyl (C=O) groups is 2. The zero-order chi connectivity index (χ0) is 17.5. The molecule has 1 fully saturated rings. The number of halogens is 1. The quantitative estimate of drug-likeness (QED) is 0.746. The Morgan fingerprint density at radius 3 is 2.96 bits per heavy atom. The van der Waals surface area contributed by atoms with Crippen molar-refractivity contribution in [2.24, 2.45) is 0 Å². The third-order valence-electron chi connectivity index (χ3n) is 3.98. The highest BCUT2D eigenvalue weighted by Crippen LogP contribution is 2.14. The third-order valence-corrected chi connectivity index (χ3v) is 3.98. The van der Waals surface area contributed by atoms with Gasteiger partial charge in [0.25, 0.3) is 0 Å². The predicted molar refractivity (Wildman–Crippen MR) is 89.8 cm³/mol. The topological polar surface area (TPSA) is 64.7 Å². The van der Waals surface area contributed by atoms with Gasteiger partial charge in [0.15, 0.2) is 0 Å². The van der Waals surface area contributed by atoms with E-state index in [1.807, 2.05) is 30.0 Å². The van der Waals surface area contributed by atoms with E-state index in [4.69, 9.17) is 0 Å². The molecule has 24 heavy (non-hydrogen) atoms. The van der Waals surface area contributed by atoms with Crippen molar-refractivity contribution in [3.63, 3.8) is 0 Å². The van der Waals surface area contributed by atoms with Gasteiger partial charge in [-0.3, -0.25) is 14.5 Å². The highest BCUT2D eigenvalue weighted by molar-refractivity contribution is 5.88. The maximum absolute atomic E-state index is 13.3. The van der Waals surface area contributed by atoms with Crippen LogP contribution >= 0.6 is 0 Å². The largest absolute Gasteiger partial charge is 0.355 e. The van der Waals surface area contributed by atoms with Gasteiger partial charge in [0.05, 0.1) is 12.5 Å². The Kier molecular flexibility index (Phi) is 6.69. The normalized spacial score (nSPS) is 18.5. The maximum Gasteiger partial charge on any atom is 0.237 e. The zero-order valence-corrected chi connectivity index (χ0v) is 14.2. The van der Waals surface area contributed by atoms with Crippen LogP contribution in [0, 0.1) is 5.82 Å². The van der Waals surface area contributed by atoms with Crippen LogP contribution in [0.15, 0.2) is 24.3 Å². The molecule has 1 aliphatic heterocycles. The van der Waals surface area contributed by atoms with Crippen molar-refractivity contribution < 1.29 is 14.0 Å². The molecule has 1 aromatic rings. The van der Waals surface area contributed by atoms with E-state index in [0.29, 0.717) is 26.2 Å².